The van der Waals surface area contributed by atoms with Crippen molar-refractivity contribution in [1.82, 2.24) is 0 Å². The van der Waals surface area contributed by atoms with Crippen LogP contribution >= 0.6 is 0 Å². The Balaban J connectivity index is 2.25. The number of nitro benzene ring substituents is 1. The number of hydrogen-bond donors (Lipinski definition) is 1. The molecular weight excluding hydrogens is 343 g/mol. The van der Waals surface area contributed by atoms with Crippen LogP contribution in [0, 0.1) is 15.9 Å². The lowest BCUT2D eigenvalue weighted by atomic mass is 9.95. The highest BCUT2D eigenvalue weighted by atomic mass is 19.1. The number of carbonyl (C=O) groups excluding carboxylic acids is 2. The van der Waals surface area contributed by atoms with Crippen molar-refractivity contribution in [2.75, 3.05) is 4.90 Å². The Morgan fingerprint density at radius 1 is 1.19 bits per heavy atom. The first-order valence-electron chi connectivity index (χ1n) is 7.59. The number of aliphatic hydroxyl groups excluding tert-OH is 1. The van der Waals surface area contributed by atoms with Crippen LogP contribution in [-0.2, 0) is 9.59 Å². The first-order chi connectivity index (χ1) is 12.3. The smallest absolute Gasteiger partial charge is 0.294 e. The van der Waals surface area contributed by atoms with Crippen LogP contribution in [0.2, 0.25) is 0 Å². The van der Waals surface area contributed by atoms with Crippen LogP contribution in [0.25, 0.3) is 0 Å². The second-order valence-electron chi connectivity index (χ2n) is 5.69. The fourth-order valence-corrected chi connectivity index (χ4v) is 3.01. The van der Waals surface area contributed by atoms with Gasteiger partial charge in [-0.25, -0.2) is 4.39 Å². The predicted molar refractivity (Wildman–Crippen MR) is 90.1 cm³/mol. The molecule has 1 aliphatic rings. The second kappa shape index (κ2) is 6.40. The Morgan fingerprint density at radius 2 is 1.81 bits per heavy atom. The number of anilines is 1. The van der Waals surface area contributed by atoms with Gasteiger partial charge >= 0.3 is 0 Å². The van der Waals surface area contributed by atoms with Gasteiger partial charge in [0.25, 0.3) is 11.6 Å². The van der Waals surface area contributed by atoms with E-state index >= 15 is 0 Å². The van der Waals surface area contributed by atoms with E-state index < -0.39 is 34.2 Å². The number of benzene rings is 2. The third kappa shape index (κ3) is 2.71. The number of ketones is 1. The zero-order valence-corrected chi connectivity index (χ0v) is 13.5. The molecule has 0 spiro atoms. The van der Waals surface area contributed by atoms with Crippen LogP contribution < -0.4 is 4.90 Å². The monoisotopic (exact) mass is 356 g/mol. The van der Waals surface area contributed by atoms with Crippen LogP contribution in [0.1, 0.15) is 18.5 Å². The molecule has 0 saturated heterocycles. The summed E-state index contributed by atoms with van der Waals surface area (Å²) in [5.41, 5.74) is -0.272. The summed E-state index contributed by atoms with van der Waals surface area (Å²) in [5, 5.41) is 21.6. The highest BCUT2D eigenvalue weighted by Gasteiger charge is 2.45. The van der Waals surface area contributed by atoms with Gasteiger partial charge < -0.3 is 5.11 Å². The van der Waals surface area contributed by atoms with Crippen LogP contribution in [0.4, 0.5) is 15.8 Å². The summed E-state index contributed by atoms with van der Waals surface area (Å²) in [6.45, 7) is 1.16. The van der Waals surface area contributed by atoms with Crippen molar-refractivity contribution in [3.8, 4) is 0 Å². The van der Waals surface area contributed by atoms with E-state index in [1.54, 1.807) is 0 Å². The molecule has 7 nitrogen and oxygen atoms in total. The molecule has 0 aliphatic carbocycles. The average Bonchev–Trinajstić information content (AvgIpc) is 2.87. The lowest BCUT2D eigenvalue weighted by Gasteiger charge is -2.26. The highest BCUT2D eigenvalue weighted by molar-refractivity contribution is 6.16. The van der Waals surface area contributed by atoms with Crippen molar-refractivity contribution >= 4 is 23.1 Å². The zero-order valence-electron chi connectivity index (χ0n) is 13.5. The summed E-state index contributed by atoms with van der Waals surface area (Å²) in [6, 6.07) is 9.28. The molecule has 0 radical (unpaired) electrons. The van der Waals surface area contributed by atoms with Gasteiger partial charge in [0.05, 0.1) is 16.1 Å². The van der Waals surface area contributed by atoms with E-state index in [0.717, 1.165) is 24.0 Å². The molecule has 1 amide bonds. The number of aliphatic hydroxyl groups is 1. The minimum Gasteiger partial charge on any atom is -0.503 e. The molecule has 1 heterocycles. The van der Waals surface area contributed by atoms with Crippen molar-refractivity contribution in [2.24, 2.45) is 0 Å². The third-order valence-corrected chi connectivity index (χ3v) is 4.12. The number of para-hydroxylation sites is 1. The molecule has 1 N–H and O–H groups in total. The quantitative estimate of drug-likeness (QED) is 0.669. The van der Waals surface area contributed by atoms with Crippen molar-refractivity contribution in [2.45, 2.75) is 13.0 Å². The van der Waals surface area contributed by atoms with Crippen molar-refractivity contribution in [3.63, 3.8) is 0 Å². The van der Waals surface area contributed by atoms with Gasteiger partial charge in [-0.05, 0) is 37.3 Å². The van der Waals surface area contributed by atoms with Gasteiger partial charge in [0.2, 0.25) is 0 Å². The van der Waals surface area contributed by atoms with E-state index in [0.29, 0.717) is 0 Å². The van der Waals surface area contributed by atoms with E-state index in [4.69, 9.17) is 0 Å². The first-order valence-corrected chi connectivity index (χ1v) is 7.59. The van der Waals surface area contributed by atoms with Crippen molar-refractivity contribution in [3.05, 3.63) is 81.4 Å². The number of rotatable bonds is 4. The van der Waals surface area contributed by atoms with Crippen LogP contribution in [0.3, 0.4) is 0 Å². The first kappa shape index (κ1) is 17.3. The number of Topliss-reactive ketones (excluding diaryl/α,β-unsaturated/α-hetero) is 1. The Morgan fingerprint density at radius 3 is 2.38 bits per heavy atom. The Labute approximate surface area is 147 Å². The van der Waals surface area contributed by atoms with Gasteiger partial charge in [0.15, 0.2) is 11.5 Å². The van der Waals surface area contributed by atoms with Gasteiger partial charge in [0, 0.05) is 11.8 Å². The molecule has 0 bridgehead atoms. The molecule has 26 heavy (non-hydrogen) atoms. The minimum absolute atomic E-state index is 0.0735. The molecule has 3 rings (SSSR count). The van der Waals surface area contributed by atoms with Gasteiger partial charge in [-0.15, -0.1) is 0 Å². The molecule has 0 saturated carbocycles. The Bertz CT molecular complexity index is 952. The maximum atomic E-state index is 13.2. The van der Waals surface area contributed by atoms with Crippen LogP contribution in [0.5, 0.6) is 0 Å². The minimum atomic E-state index is -1.19. The molecule has 8 heteroatoms. The predicted octanol–water partition coefficient (Wildman–Crippen LogP) is 3.22. The largest absolute Gasteiger partial charge is 0.503 e. The number of carbonyl (C=O) groups is 2. The molecule has 1 atom stereocenters. The number of nitro groups is 1. The SMILES string of the molecule is CC(=O)C1=C(O)C(=O)N(c2ccc(F)cc2)[C@@H]1c1ccccc1[N+](=O)[O-]. The van der Waals surface area contributed by atoms with E-state index in [-0.39, 0.29) is 22.5 Å². The topological polar surface area (TPSA) is 101 Å². The maximum Gasteiger partial charge on any atom is 0.294 e. The highest BCUT2D eigenvalue weighted by Crippen LogP contribution is 2.43. The molecule has 2 aromatic carbocycles. The van der Waals surface area contributed by atoms with E-state index in [1.807, 2.05) is 0 Å². The standard InChI is InChI=1S/C18H13FN2O5/c1-10(22)15-16(13-4-2-3-5-14(13)21(25)26)20(18(24)17(15)23)12-8-6-11(19)7-9-12/h2-9,16,23H,1H3/t16-/m1/s1. The second-order valence-corrected chi connectivity index (χ2v) is 5.69. The van der Waals surface area contributed by atoms with Crippen molar-refractivity contribution in [1.29, 1.82) is 0 Å². The fraction of sp³-hybridized carbons (Fsp3) is 0.111. The molecule has 132 valence electrons. The molecule has 2 aromatic rings. The maximum absolute atomic E-state index is 13.2. The number of hydrogen-bond acceptors (Lipinski definition) is 5. The van der Waals surface area contributed by atoms with Gasteiger partial charge in [-0.2, -0.15) is 0 Å². The van der Waals surface area contributed by atoms with E-state index in [1.165, 1.54) is 36.4 Å². The third-order valence-electron chi connectivity index (χ3n) is 4.12. The van der Waals surface area contributed by atoms with Crippen molar-refractivity contribution < 1.29 is 24.0 Å². The van der Waals surface area contributed by atoms with Gasteiger partial charge in [-0.1, -0.05) is 12.1 Å². The zero-order chi connectivity index (χ0) is 19.0. The van der Waals surface area contributed by atoms with E-state index in [2.05, 4.69) is 0 Å². The molecule has 0 unspecified atom stereocenters. The summed E-state index contributed by atoms with van der Waals surface area (Å²) in [4.78, 5) is 36.5. The summed E-state index contributed by atoms with van der Waals surface area (Å²) >= 11 is 0. The lowest BCUT2D eigenvalue weighted by molar-refractivity contribution is -0.385. The molecular formula is C18H13FN2O5. The molecule has 0 aromatic heterocycles. The normalized spacial score (nSPS) is 16.9. The van der Waals surface area contributed by atoms with Crippen LogP contribution in [0.15, 0.2) is 59.9 Å². The summed E-state index contributed by atoms with van der Waals surface area (Å²) in [7, 11) is 0. The fourth-order valence-electron chi connectivity index (χ4n) is 3.01. The van der Waals surface area contributed by atoms with Crippen LogP contribution in [-0.4, -0.2) is 21.7 Å². The number of amides is 1. The average molecular weight is 356 g/mol. The Hall–Kier alpha value is -3.55. The van der Waals surface area contributed by atoms with Gasteiger partial charge in [-0.3, -0.25) is 24.6 Å². The number of halogens is 1. The number of nitrogens with zero attached hydrogens (tertiary/aromatic N) is 2. The summed E-state index contributed by atoms with van der Waals surface area (Å²) < 4.78 is 13.2. The van der Waals surface area contributed by atoms with Gasteiger partial charge in [0.1, 0.15) is 11.9 Å². The molecule has 0 fully saturated rings. The summed E-state index contributed by atoms with van der Waals surface area (Å²) in [5.74, 6) is -2.79. The Kier molecular flexibility index (Phi) is 4.25. The lowest BCUT2D eigenvalue weighted by Crippen LogP contribution is -2.31. The summed E-state index contributed by atoms with van der Waals surface area (Å²) in [6.07, 6.45) is 0. The van der Waals surface area contributed by atoms with E-state index in [9.17, 15) is 29.2 Å². The molecule has 1 aliphatic heterocycles.